The number of anilines is 2. The zero-order chi connectivity index (χ0) is 20.7. The van der Waals surface area contributed by atoms with Gasteiger partial charge in [0.2, 0.25) is 10.0 Å². The third-order valence-corrected chi connectivity index (χ3v) is 5.08. The Kier molecular flexibility index (Phi) is 7.09. The molecule has 1 aromatic heterocycles. The van der Waals surface area contributed by atoms with Crippen LogP contribution in [0.25, 0.3) is 0 Å². The second-order valence-electron chi connectivity index (χ2n) is 5.42. The van der Waals surface area contributed by atoms with Gasteiger partial charge in [-0.1, -0.05) is 29.8 Å². The van der Waals surface area contributed by atoms with Crippen molar-refractivity contribution in [2.24, 2.45) is 10.7 Å². The summed E-state index contributed by atoms with van der Waals surface area (Å²) in [6.45, 7) is 0.320. The zero-order valence-electron chi connectivity index (χ0n) is 14.6. The molecule has 0 fully saturated rings. The number of aromatic nitrogens is 2. The molecule has 8 N–H and O–H groups in total. The summed E-state index contributed by atoms with van der Waals surface area (Å²) in [6.07, 6.45) is 0.359. The number of nitrogens with two attached hydrogens (primary N) is 3. The minimum absolute atomic E-state index is 0.102. The van der Waals surface area contributed by atoms with E-state index in [-0.39, 0.29) is 46.4 Å². The number of benzene rings is 1. The summed E-state index contributed by atoms with van der Waals surface area (Å²) in [5, 5.41) is 2.12. The van der Waals surface area contributed by atoms with E-state index < -0.39 is 15.9 Å². The molecular formula is C15H19ClN8O3S. The van der Waals surface area contributed by atoms with E-state index in [9.17, 15) is 13.2 Å². The molecule has 1 heterocycles. The van der Waals surface area contributed by atoms with Crippen LogP contribution in [0.5, 0.6) is 0 Å². The fraction of sp³-hybridized carbons (Fsp3) is 0.200. The number of carbonyl (C=O) groups excluding carboxylic acids is 1. The van der Waals surface area contributed by atoms with E-state index in [2.05, 4.69) is 25.0 Å². The summed E-state index contributed by atoms with van der Waals surface area (Å²) in [5.74, 6) is -1.25. The van der Waals surface area contributed by atoms with Gasteiger partial charge in [0.1, 0.15) is 0 Å². The first-order valence-corrected chi connectivity index (χ1v) is 9.81. The molecule has 0 atom stereocenters. The predicted octanol–water partition coefficient (Wildman–Crippen LogP) is -0.292. The van der Waals surface area contributed by atoms with Gasteiger partial charge < -0.3 is 17.2 Å². The van der Waals surface area contributed by atoms with Gasteiger partial charge in [-0.05, 0) is 18.6 Å². The molecule has 0 bridgehead atoms. The molecule has 150 valence electrons. The average molecular weight is 427 g/mol. The maximum Gasteiger partial charge on any atom is 0.280 e. The number of carbonyl (C=O) groups is 1. The second kappa shape index (κ2) is 9.30. The van der Waals surface area contributed by atoms with E-state index in [0.717, 1.165) is 0 Å². The lowest BCUT2D eigenvalue weighted by atomic mass is 10.4. The summed E-state index contributed by atoms with van der Waals surface area (Å²) in [5.41, 5.74) is 16.4. The molecule has 28 heavy (non-hydrogen) atoms. The fourth-order valence-corrected chi connectivity index (χ4v) is 3.21. The highest BCUT2D eigenvalue weighted by molar-refractivity contribution is 7.89. The van der Waals surface area contributed by atoms with Gasteiger partial charge in [-0.25, -0.2) is 23.1 Å². The number of nitrogens with one attached hydrogen (secondary N) is 2. The molecule has 0 aliphatic carbocycles. The number of hydrogen-bond donors (Lipinski definition) is 5. The predicted molar refractivity (Wildman–Crippen MR) is 106 cm³/mol. The van der Waals surface area contributed by atoms with Crippen molar-refractivity contribution >= 4 is 45.1 Å². The maximum atomic E-state index is 12.1. The minimum atomic E-state index is -3.58. The largest absolute Gasteiger partial charge is 0.382 e. The Balaban J connectivity index is 1.83. The van der Waals surface area contributed by atoms with Gasteiger partial charge in [0.05, 0.1) is 4.90 Å². The Morgan fingerprint density at radius 1 is 1.14 bits per heavy atom. The van der Waals surface area contributed by atoms with E-state index in [1.54, 1.807) is 18.2 Å². The van der Waals surface area contributed by atoms with Crippen LogP contribution in [0.4, 0.5) is 11.6 Å². The number of rotatable bonds is 7. The molecule has 1 amide bonds. The van der Waals surface area contributed by atoms with Crippen LogP contribution in [-0.2, 0) is 10.0 Å². The number of amides is 1. The highest BCUT2D eigenvalue weighted by Crippen LogP contribution is 2.17. The van der Waals surface area contributed by atoms with Crippen LogP contribution >= 0.6 is 11.6 Å². The van der Waals surface area contributed by atoms with Gasteiger partial charge in [0, 0.05) is 13.1 Å². The summed E-state index contributed by atoms with van der Waals surface area (Å²) in [4.78, 5) is 23.6. The van der Waals surface area contributed by atoms with Crippen molar-refractivity contribution in [3.63, 3.8) is 0 Å². The van der Waals surface area contributed by atoms with Crippen molar-refractivity contribution in [2.45, 2.75) is 11.3 Å². The first kappa shape index (κ1) is 21.3. The molecule has 0 spiro atoms. The van der Waals surface area contributed by atoms with Crippen molar-refractivity contribution in [3.8, 4) is 0 Å². The van der Waals surface area contributed by atoms with Gasteiger partial charge in [-0.2, -0.15) is 0 Å². The number of sulfonamides is 1. The normalized spacial score (nSPS) is 12.0. The summed E-state index contributed by atoms with van der Waals surface area (Å²) < 4.78 is 26.5. The summed E-state index contributed by atoms with van der Waals surface area (Å²) in [6, 6.07) is 7.97. The molecule has 0 radical (unpaired) electrons. The molecule has 11 nitrogen and oxygen atoms in total. The quantitative estimate of drug-likeness (QED) is 0.226. The standard InChI is InChI=1S/C15H19ClN8O3S/c16-11-13(18)23-12(17)10(22-11)14(25)24-15(19)20-7-4-8-21-28(26,27)9-5-2-1-3-6-9/h1-3,5-6,21H,4,7-8H2,(H4,17,18,23)(H3,19,20,24,25). The molecule has 0 saturated carbocycles. The minimum Gasteiger partial charge on any atom is -0.382 e. The third-order valence-electron chi connectivity index (χ3n) is 3.32. The van der Waals surface area contributed by atoms with Crippen molar-refractivity contribution in [1.82, 2.24) is 20.0 Å². The SMILES string of the molecule is NC(=NCCCNS(=O)(=O)c1ccccc1)NC(=O)c1nc(Cl)c(N)nc1N. The lowest BCUT2D eigenvalue weighted by Crippen LogP contribution is -2.38. The molecule has 0 saturated heterocycles. The molecule has 0 aliphatic rings. The fourth-order valence-electron chi connectivity index (χ4n) is 1.99. The molecule has 1 aromatic carbocycles. The van der Waals surface area contributed by atoms with Gasteiger partial charge in [-0.15, -0.1) is 0 Å². The monoisotopic (exact) mass is 426 g/mol. The number of nitrogens with zero attached hydrogens (tertiary/aromatic N) is 3. The van der Waals surface area contributed by atoms with E-state index in [1.807, 2.05) is 0 Å². The zero-order valence-corrected chi connectivity index (χ0v) is 16.2. The van der Waals surface area contributed by atoms with Gasteiger partial charge in [-0.3, -0.25) is 15.1 Å². The molecule has 13 heteroatoms. The van der Waals surface area contributed by atoms with Crippen molar-refractivity contribution in [3.05, 3.63) is 41.2 Å². The highest BCUT2D eigenvalue weighted by atomic mass is 35.5. The first-order valence-electron chi connectivity index (χ1n) is 7.95. The Hall–Kier alpha value is -2.96. The summed E-state index contributed by atoms with van der Waals surface area (Å²) in [7, 11) is -3.58. The maximum absolute atomic E-state index is 12.1. The lowest BCUT2D eigenvalue weighted by molar-refractivity contribution is 0.0972. The van der Waals surface area contributed by atoms with Gasteiger partial charge in [0.15, 0.2) is 28.4 Å². The van der Waals surface area contributed by atoms with Gasteiger partial charge in [0.25, 0.3) is 5.91 Å². The summed E-state index contributed by atoms with van der Waals surface area (Å²) >= 11 is 5.71. The molecule has 2 aromatic rings. The lowest BCUT2D eigenvalue weighted by Gasteiger charge is -2.08. The van der Waals surface area contributed by atoms with Crippen LogP contribution in [0.3, 0.4) is 0 Å². The van der Waals surface area contributed by atoms with Crippen LogP contribution in [0.15, 0.2) is 40.2 Å². The van der Waals surface area contributed by atoms with E-state index >= 15 is 0 Å². The second-order valence-corrected chi connectivity index (χ2v) is 7.54. The highest BCUT2D eigenvalue weighted by Gasteiger charge is 2.16. The average Bonchev–Trinajstić information content (AvgIpc) is 2.65. The van der Waals surface area contributed by atoms with E-state index in [0.29, 0.717) is 6.42 Å². The Bertz CT molecular complexity index is 982. The van der Waals surface area contributed by atoms with E-state index in [1.165, 1.54) is 12.1 Å². The number of aliphatic imine (C=N–C) groups is 1. The van der Waals surface area contributed by atoms with Crippen LogP contribution < -0.4 is 27.2 Å². The van der Waals surface area contributed by atoms with Crippen molar-refractivity contribution < 1.29 is 13.2 Å². The third kappa shape index (κ3) is 5.77. The van der Waals surface area contributed by atoms with Gasteiger partial charge >= 0.3 is 0 Å². The Morgan fingerprint density at radius 2 is 1.82 bits per heavy atom. The topological polar surface area (TPSA) is 191 Å². The number of guanidine groups is 1. The Morgan fingerprint density at radius 3 is 2.50 bits per heavy atom. The van der Waals surface area contributed by atoms with Crippen LogP contribution in [0.1, 0.15) is 16.9 Å². The van der Waals surface area contributed by atoms with Crippen LogP contribution in [-0.4, -0.2) is 43.3 Å². The van der Waals surface area contributed by atoms with Crippen molar-refractivity contribution in [2.75, 3.05) is 24.6 Å². The number of hydrogen-bond acceptors (Lipinski definition) is 8. The molecule has 0 unspecified atom stereocenters. The Labute approximate surface area is 166 Å². The molecule has 0 aliphatic heterocycles. The van der Waals surface area contributed by atoms with Crippen molar-refractivity contribution in [1.29, 1.82) is 0 Å². The van der Waals surface area contributed by atoms with E-state index in [4.69, 9.17) is 28.8 Å². The smallest absolute Gasteiger partial charge is 0.280 e. The van der Waals surface area contributed by atoms with Crippen LogP contribution in [0, 0.1) is 0 Å². The first-order chi connectivity index (χ1) is 13.2. The number of nitrogen functional groups attached to an aromatic ring is 2. The van der Waals surface area contributed by atoms with Crippen LogP contribution in [0.2, 0.25) is 5.15 Å². The number of halogens is 1. The molecule has 2 rings (SSSR count). The molecular weight excluding hydrogens is 408 g/mol.